The Kier molecular flexibility index (Phi) is 13.3. The summed E-state index contributed by atoms with van der Waals surface area (Å²) in [7, 11) is 0. The standard InChI is InChI=1S/C11H20O4.Y/c1-4-14-10(12)7-5-6-8-11(13)15-9(2)3;/h9H,4-8H2,1-3H3;. The fraction of sp³-hybridized carbons (Fsp3) is 0.818. The fourth-order valence-electron chi connectivity index (χ4n) is 1.09. The van der Waals surface area contributed by atoms with Crippen LogP contribution in [0.5, 0.6) is 0 Å². The van der Waals surface area contributed by atoms with Crippen molar-refractivity contribution in [2.45, 2.75) is 52.6 Å². The zero-order valence-corrected chi connectivity index (χ0v) is 13.2. The summed E-state index contributed by atoms with van der Waals surface area (Å²) in [5, 5.41) is 0. The van der Waals surface area contributed by atoms with E-state index in [2.05, 4.69) is 0 Å². The van der Waals surface area contributed by atoms with E-state index < -0.39 is 0 Å². The van der Waals surface area contributed by atoms with Gasteiger partial charge in [-0.05, 0) is 33.6 Å². The van der Waals surface area contributed by atoms with Gasteiger partial charge in [0, 0.05) is 45.6 Å². The van der Waals surface area contributed by atoms with E-state index in [0.717, 1.165) is 0 Å². The van der Waals surface area contributed by atoms with E-state index in [1.54, 1.807) is 6.92 Å². The van der Waals surface area contributed by atoms with Crippen molar-refractivity contribution in [3.63, 3.8) is 0 Å². The van der Waals surface area contributed by atoms with E-state index >= 15 is 0 Å². The molecular weight excluding hydrogens is 285 g/mol. The zero-order valence-electron chi connectivity index (χ0n) is 10.3. The summed E-state index contributed by atoms with van der Waals surface area (Å²) in [4.78, 5) is 22.0. The predicted octanol–water partition coefficient (Wildman–Crippen LogP) is 2.06. The van der Waals surface area contributed by atoms with Crippen molar-refractivity contribution in [2.24, 2.45) is 0 Å². The summed E-state index contributed by atoms with van der Waals surface area (Å²) in [6.45, 7) is 5.82. The van der Waals surface area contributed by atoms with Gasteiger partial charge in [0.15, 0.2) is 0 Å². The first kappa shape index (κ1) is 18.4. The van der Waals surface area contributed by atoms with Crippen LogP contribution in [0.2, 0.25) is 0 Å². The maximum absolute atomic E-state index is 11.1. The van der Waals surface area contributed by atoms with E-state index in [9.17, 15) is 9.59 Å². The van der Waals surface area contributed by atoms with Crippen LogP contribution in [0.3, 0.4) is 0 Å². The molecule has 0 unspecified atom stereocenters. The van der Waals surface area contributed by atoms with Crippen LogP contribution in [-0.4, -0.2) is 24.6 Å². The Morgan fingerprint density at radius 3 is 2.00 bits per heavy atom. The first-order valence-corrected chi connectivity index (χ1v) is 5.41. The third-order valence-corrected chi connectivity index (χ3v) is 1.68. The van der Waals surface area contributed by atoms with Crippen LogP contribution in [0.1, 0.15) is 46.5 Å². The van der Waals surface area contributed by atoms with Crippen molar-refractivity contribution in [1.82, 2.24) is 0 Å². The second kappa shape index (κ2) is 11.5. The Morgan fingerprint density at radius 1 is 1.06 bits per heavy atom. The molecule has 0 aromatic rings. The number of carbonyl (C=O) groups excluding carboxylic acids is 2. The van der Waals surface area contributed by atoms with Gasteiger partial charge in [-0.25, -0.2) is 0 Å². The minimum absolute atomic E-state index is 0. The Hall–Kier alpha value is 0.0439. The average Bonchev–Trinajstić information content (AvgIpc) is 2.12. The number of ether oxygens (including phenoxy) is 2. The van der Waals surface area contributed by atoms with E-state index in [0.29, 0.717) is 32.3 Å². The zero-order chi connectivity index (χ0) is 11.7. The fourth-order valence-corrected chi connectivity index (χ4v) is 1.09. The molecule has 0 heterocycles. The number of unbranched alkanes of at least 4 members (excludes halogenated alkanes) is 1. The van der Waals surface area contributed by atoms with Crippen LogP contribution in [0.15, 0.2) is 0 Å². The van der Waals surface area contributed by atoms with Crippen molar-refractivity contribution < 1.29 is 51.8 Å². The summed E-state index contributed by atoms with van der Waals surface area (Å²) in [5.41, 5.74) is 0. The van der Waals surface area contributed by atoms with Gasteiger partial charge >= 0.3 is 11.9 Å². The topological polar surface area (TPSA) is 52.6 Å². The molecular formula is C11H20O4Y. The summed E-state index contributed by atoms with van der Waals surface area (Å²) >= 11 is 0. The smallest absolute Gasteiger partial charge is 0.306 e. The molecule has 0 saturated carbocycles. The van der Waals surface area contributed by atoms with Crippen LogP contribution < -0.4 is 0 Å². The second-order valence-electron chi connectivity index (χ2n) is 3.55. The largest absolute Gasteiger partial charge is 0.466 e. The van der Waals surface area contributed by atoms with E-state index in [4.69, 9.17) is 9.47 Å². The molecule has 0 saturated heterocycles. The number of rotatable bonds is 7. The first-order valence-electron chi connectivity index (χ1n) is 5.41. The van der Waals surface area contributed by atoms with Gasteiger partial charge in [-0.15, -0.1) is 0 Å². The molecule has 5 heteroatoms. The molecule has 0 N–H and O–H groups in total. The van der Waals surface area contributed by atoms with Crippen molar-refractivity contribution in [3.05, 3.63) is 0 Å². The third-order valence-electron chi connectivity index (χ3n) is 1.68. The van der Waals surface area contributed by atoms with Gasteiger partial charge < -0.3 is 9.47 Å². The SMILES string of the molecule is CCOC(=O)CCCCC(=O)OC(C)C.[Y]. The minimum Gasteiger partial charge on any atom is -0.466 e. The summed E-state index contributed by atoms with van der Waals surface area (Å²) in [5.74, 6) is -0.399. The molecule has 91 valence electrons. The Bertz CT molecular complexity index is 204. The first-order chi connectivity index (χ1) is 7.06. The molecule has 0 atom stereocenters. The van der Waals surface area contributed by atoms with Crippen LogP contribution in [0.25, 0.3) is 0 Å². The van der Waals surface area contributed by atoms with Gasteiger partial charge in [-0.3, -0.25) is 9.59 Å². The molecule has 0 rings (SSSR count). The van der Waals surface area contributed by atoms with Crippen LogP contribution >= 0.6 is 0 Å². The van der Waals surface area contributed by atoms with E-state index in [1.807, 2.05) is 13.8 Å². The molecule has 0 aliphatic rings. The van der Waals surface area contributed by atoms with E-state index in [-0.39, 0.29) is 50.8 Å². The Morgan fingerprint density at radius 2 is 1.56 bits per heavy atom. The number of hydrogen-bond acceptors (Lipinski definition) is 4. The van der Waals surface area contributed by atoms with E-state index in [1.165, 1.54) is 0 Å². The summed E-state index contributed by atoms with van der Waals surface area (Å²) in [6.07, 6.45) is 2.03. The summed E-state index contributed by atoms with van der Waals surface area (Å²) in [6, 6.07) is 0. The number of hydrogen-bond donors (Lipinski definition) is 0. The monoisotopic (exact) mass is 305 g/mol. The van der Waals surface area contributed by atoms with Crippen LogP contribution in [0.4, 0.5) is 0 Å². The second-order valence-corrected chi connectivity index (χ2v) is 3.55. The maximum atomic E-state index is 11.1. The molecule has 0 aromatic carbocycles. The van der Waals surface area contributed by atoms with Gasteiger partial charge in [0.05, 0.1) is 12.7 Å². The number of esters is 2. The van der Waals surface area contributed by atoms with Crippen molar-refractivity contribution >= 4 is 11.9 Å². The Balaban J connectivity index is 0. The molecule has 0 bridgehead atoms. The van der Waals surface area contributed by atoms with Crippen molar-refractivity contribution in [1.29, 1.82) is 0 Å². The van der Waals surface area contributed by atoms with Gasteiger partial charge in [0.1, 0.15) is 0 Å². The van der Waals surface area contributed by atoms with Crippen molar-refractivity contribution in [3.8, 4) is 0 Å². The molecule has 0 aromatic heterocycles. The normalized spacial score (nSPS) is 9.50. The predicted molar refractivity (Wildman–Crippen MR) is 56.3 cm³/mol. The van der Waals surface area contributed by atoms with Gasteiger partial charge in [-0.2, -0.15) is 0 Å². The third kappa shape index (κ3) is 12.1. The molecule has 0 amide bonds. The van der Waals surface area contributed by atoms with Crippen LogP contribution in [-0.2, 0) is 51.8 Å². The molecule has 0 fully saturated rings. The minimum atomic E-state index is -0.200. The van der Waals surface area contributed by atoms with Crippen LogP contribution in [0, 0.1) is 0 Å². The molecule has 0 spiro atoms. The van der Waals surface area contributed by atoms with Gasteiger partial charge in [-0.1, -0.05) is 0 Å². The average molecular weight is 305 g/mol. The Labute approximate surface area is 122 Å². The number of carbonyl (C=O) groups is 2. The quantitative estimate of drug-likeness (QED) is 0.534. The van der Waals surface area contributed by atoms with Crippen molar-refractivity contribution in [2.75, 3.05) is 6.61 Å². The summed E-state index contributed by atoms with van der Waals surface area (Å²) < 4.78 is 9.71. The van der Waals surface area contributed by atoms with Gasteiger partial charge in [0.25, 0.3) is 0 Å². The molecule has 0 aliphatic carbocycles. The maximum Gasteiger partial charge on any atom is 0.306 e. The van der Waals surface area contributed by atoms with Gasteiger partial charge in [0.2, 0.25) is 0 Å². The molecule has 4 nitrogen and oxygen atoms in total. The molecule has 0 aliphatic heterocycles. The molecule has 1 radical (unpaired) electrons. The molecule has 16 heavy (non-hydrogen) atoms.